The second-order valence-corrected chi connectivity index (χ2v) is 5.64. The summed E-state index contributed by atoms with van der Waals surface area (Å²) >= 11 is 6.17. The van der Waals surface area contributed by atoms with Gasteiger partial charge in [0, 0.05) is 6.42 Å². The molecule has 0 bridgehead atoms. The van der Waals surface area contributed by atoms with Crippen molar-refractivity contribution in [1.29, 1.82) is 0 Å². The van der Waals surface area contributed by atoms with Crippen LogP contribution >= 0.6 is 11.6 Å². The summed E-state index contributed by atoms with van der Waals surface area (Å²) in [5.74, 6) is 0.425. The number of rotatable bonds is 3. The zero-order valence-electron chi connectivity index (χ0n) is 10.7. The van der Waals surface area contributed by atoms with E-state index in [1.165, 1.54) is 0 Å². The van der Waals surface area contributed by atoms with E-state index in [9.17, 15) is 9.90 Å². The van der Waals surface area contributed by atoms with Gasteiger partial charge >= 0.3 is 0 Å². The van der Waals surface area contributed by atoms with E-state index in [1.807, 2.05) is 6.07 Å². The molecular formula is C14H18ClNO2. The van der Waals surface area contributed by atoms with Crippen LogP contribution in [0.25, 0.3) is 0 Å². The van der Waals surface area contributed by atoms with E-state index in [0.717, 1.165) is 11.1 Å². The highest BCUT2D eigenvalue weighted by Crippen LogP contribution is 2.34. The van der Waals surface area contributed by atoms with E-state index in [1.54, 1.807) is 6.07 Å². The monoisotopic (exact) mass is 267 g/mol. The highest BCUT2D eigenvalue weighted by molar-refractivity contribution is 6.34. The first-order valence-corrected chi connectivity index (χ1v) is 6.65. The molecule has 0 saturated heterocycles. The summed E-state index contributed by atoms with van der Waals surface area (Å²) in [5, 5.41) is 13.4. The summed E-state index contributed by atoms with van der Waals surface area (Å²) < 4.78 is 0. The quantitative estimate of drug-likeness (QED) is 0.883. The van der Waals surface area contributed by atoms with Crippen LogP contribution in [0.2, 0.25) is 5.02 Å². The minimum Gasteiger partial charge on any atom is -0.388 e. The molecule has 0 aliphatic carbocycles. The molecule has 1 atom stereocenters. The van der Waals surface area contributed by atoms with Gasteiger partial charge in [-0.3, -0.25) is 4.79 Å². The number of carbonyl (C=O) groups excluding carboxylic acids is 1. The lowest BCUT2D eigenvalue weighted by Crippen LogP contribution is -2.19. The predicted molar refractivity (Wildman–Crippen MR) is 72.8 cm³/mol. The van der Waals surface area contributed by atoms with Gasteiger partial charge in [0.1, 0.15) is 0 Å². The molecule has 3 nitrogen and oxygen atoms in total. The van der Waals surface area contributed by atoms with Crippen LogP contribution < -0.4 is 5.32 Å². The number of amides is 1. The van der Waals surface area contributed by atoms with Gasteiger partial charge in [0.2, 0.25) is 5.91 Å². The number of halogens is 1. The molecule has 1 aliphatic rings. The maximum Gasteiger partial charge on any atom is 0.224 e. The van der Waals surface area contributed by atoms with Crippen molar-refractivity contribution in [3.8, 4) is 0 Å². The summed E-state index contributed by atoms with van der Waals surface area (Å²) in [6, 6.07) is 3.70. The number of aliphatic hydroxyl groups excluding tert-OH is 1. The number of carbonyl (C=O) groups is 1. The molecule has 2 rings (SSSR count). The molecule has 0 fully saturated rings. The molecule has 1 aromatic rings. The Labute approximate surface area is 112 Å². The van der Waals surface area contributed by atoms with Crippen molar-refractivity contribution in [2.24, 2.45) is 5.92 Å². The van der Waals surface area contributed by atoms with Crippen LogP contribution in [0.15, 0.2) is 12.1 Å². The lowest BCUT2D eigenvalue weighted by atomic mass is 9.94. The SMILES string of the molecule is CC(C)CC(O)c1cc(Cl)c2c(c1)CCC(=O)N2. The van der Waals surface area contributed by atoms with Crippen molar-refractivity contribution >= 4 is 23.2 Å². The molecule has 0 saturated carbocycles. The second-order valence-electron chi connectivity index (χ2n) is 5.23. The number of aliphatic hydroxyl groups is 1. The molecular weight excluding hydrogens is 250 g/mol. The Morgan fingerprint density at radius 2 is 2.11 bits per heavy atom. The molecule has 0 radical (unpaired) electrons. The Kier molecular flexibility index (Phi) is 3.93. The van der Waals surface area contributed by atoms with E-state index < -0.39 is 6.10 Å². The van der Waals surface area contributed by atoms with E-state index >= 15 is 0 Å². The Morgan fingerprint density at radius 1 is 1.39 bits per heavy atom. The normalized spacial score (nSPS) is 16.4. The largest absolute Gasteiger partial charge is 0.388 e. The van der Waals surface area contributed by atoms with Crippen molar-refractivity contribution in [1.82, 2.24) is 0 Å². The summed E-state index contributed by atoms with van der Waals surface area (Å²) in [5.41, 5.74) is 2.55. The van der Waals surface area contributed by atoms with Crippen LogP contribution in [0, 0.1) is 5.92 Å². The van der Waals surface area contributed by atoms with Crippen LogP contribution in [0.3, 0.4) is 0 Å². The third-order valence-electron chi connectivity index (χ3n) is 3.16. The maximum atomic E-state index is 11.3. The number of nitrogens with one attached hydrogen (secondary N) is 1. The average Bonchev–Trinajstić information content (AvgIpc) is 2.29. The lowest BCUT2D eigenvalue weighted by molar-refractivity contribution is -0.116. The van der Waals surface area contributed by atoms with Crippen molar-refractivity contribution in [2.75, 3.05) is 5.32 Å². The molecule has 18 heavy (non-hydrogen) atoms. The molecule has 1 aromatic carbocycles. The Balaban J connectivity index is 2.30. The van der Waals surface area contributed by atoms with E-state index in [0.29, 0.717) is 35.9 Å². The number of aryl methyl sites for hydroxylation is 1. The standard InChI is InChI=1S/C14H18ClNO2/c1-8(2)5-12(17)10-6-9-3-4-13(18)16-14(9)11(15)7-10/h6-8,12,17H,3-5H2,1-2H3,(H,16,18). The fraction of sp³-hybridized carbons (Fsp3) is 0.500. The molecule has 1 heterocycles. The summed E-state index contributed by atoms with van der Waals surface area (Å²) in [6.07, 6.45) is 1.38. The third kappa shape index (κ3) is 2.85. The van der Waals surface area contributed by atoms with E-state index in [2.05, 4.69) is 19.2 Å². The van der Waals surface area contributed by atoms with Crippen molar-refractivity contribution in [2.45, 2.75) is 39.2 Å². The molecule has 2 N–H and O–H groups in total. The first-order valence-electron chi connectivity index (χ1n) is 6.27. The highest BCUT2D eigenvalue weighted by atomic mass is 35.5. The van der Waals surface area contributed by atoms with Gasteiger partial charge in [-0.25, -0.2) is 0 Å². The van der Waals surface area contributed by atoms with Gasteiger partial charge in [-0.1, -0.05) is 31.5 Å². The van der Waals surface area contributed by atoms with Crippen LogP contribution in [-0.2, 0) is 11.2 Å². The van der Waals surface area contributed by atoms with Crippen molar-refractivity contribution in [3.63, 3.8) is 0 Å². The van der Waals surface area contributed by atoms with Gasteiger partial charge < -0.3 is 10.4 Å². The Hall–Kier alpha value is -1.06. The van der Waals surface area contributed by atoms with E-state index in [-0.39, 0.29) is 5.91 Å². The number of fused-ring (bicyclic) bond motifs is 1. The minimum atomic E-state index is -0.495. The summed E-state index contributed by atoms with van der Waals surface area (Å²) in [4.78, 5) is 11.3. The minimum absolute atomic E-state index is 0.000112. The number of hydrogen-bond acceptors (Lipinski definition) is 2. The number of benzene rings is 1. The zero-order valence-corrected chi connectivity index (χ0v) is 11.4. The van der Waals surface area contributed by atoms with Gasteiger partial charge in [0.25, 0.3) is 0 Å². The van der Waals surface area contributed by atoms with Crippen LogP contribution in [0.4, 0.5) is 5.69 Å². The Morgan fingerprint density at radius 3 is 2.78 bits per heavy atom. The van der Waals surface area contributed by atoms with Crippen LogP contribution in [-0.4, -0.2) is 11.0 Å². The Bertz CT molecular complexity index is 471. The fourth-order valence-electron chi connectivity index (χ4n) is 2.25. The van der Waals surface area contributed by atoms with Gasteiger partial charge in [0.15, 0.2) is 0 Å². The predicted octanol–water partition coefficient (Wildman–Crippen LogP) is 3.30. The van der Waals surface area contributed by atoms with Crippen molar-refractivity contribution < 1.29 is 9.90 Å². The van der Waals surface area contributed by atoms with E-state index in [4.69, 9.17) is 11.6 Å². The topological polar surface area (TPSA) is 49.3 Å². The fourth-order valence-corrected chi connectivity index (χ4v) is 2.54. The first kappa shape index (κ1) is 13.4. The summed E-state index contributed by atoms with van der Waals surface area (Å²) in [7, 11) is 0. The van der Waals surface area contributed by atoms with Crippen LogP contribution in [0.5, 0.6) is 0 Å². The summed E-state index contributed by atoms with van der Waals surface area (Å²) in [6.45, 7) is 4.15. The van der Waals surface area contributed by atoms with Crippen molar-refractivity contribution in [3.05, 3.63) is 28.3 Å². The van der Waals surface area contributed by atoms with Gasteiger partial charge in [-0.2, -0.15) is 0 Å². The smallest absolute Gasteiger partial charge is 0.224 e. The lowest BCUT2D eigenvalue weighted by Gasteiger charge is -2.21. The molecule has 0 aromatic heterocycles. The average molecular weight is 268 g/mol. The molecule has 4 heteroatoms. The van der Waals surface area contributed by atoms with Gasteiger partial charge in [-0.15, -0.1) is 0 Å². The first-order chi connectivity index (χ1) is 8.47. The number of anilines is 1. The highest BCUT2D eigenvalue weighted by Gasteiger charge is 2.20. The zero-order chi connectivity index (χ0) is 13.3. The molecule has 98 valence electrons. The maximum absolute atomic E-state index is 11.3. The van der Waals surface area contributed by atoms with Crippen LogP contribution in [0.1, 0.15) is 43.9 Å². The van der Waals surface area contributed by atoms with Gasteiger partial charge in [-0.05, 0) is 36.0 Å². The molecule has 1 aliphatic heterocycles. The molecule has 0 spiro atoms. The number of hydrogen-bond donors (Lipinski definition) is 2. The molecule has 1 amide bonds. The third-order valence-corrected chi connectivity index (χ3v) is 3.46. The second kappa shape index (κ2) is 5.29. The molecule has 1 unspecified atom stereocenters. The van der Waals surface area contributed by atoms with Gasteiger partial charge in [0.05, 0.1) is 16.8 Å².